The van der Waals surface area contributed by atoms with Gasteiger partial charge in [-0.25, -0.2) is 4.98 Å². The predicted octanol–water partition coefficient (Wildman–Crippen LogP) is 2.60. The standard InChI is InChI=1S/C9H9ClN2/c1-6-7(2)12-4-3-8(10)5-9(12)11-6/h3-5H,1-2H3. The van der Waals surface area contributed by atoms with Gasteiger partial charge in [0, 0.05) is 23.0 Å². The number of halogens is 1. The number of imidazole rings is 1. The first-order chi connectivity index (χ1) is 5.68. The number of fused-ring (bicyclic) bond motifs is 1. The van der Waals surface area contributed by atoms with E-state index in [1.165, 1.54) is 5.69 Å². The molecule has 3 heteroatoms. The molecule has 0 saturated heterocycles. The van der Waals surface area contributed by atoms with Crippen LogP contribution in [0.1, 0.15) is 11.4 Å². The highest BCUT2D eigenvalue weighted by Crippen LogP contribution is 2.15. The van der Waals surface area contributed by atoms with Crippen molar-refractivity contribution >= 4 is 17.2 Å². The van der Waals surface area contributed by atoms with Gasteiger partial charge in [0.05, 0.1) is 5.69 Å². The molecular formula is C9H9ClN2. The molecular weight excluding hydrogens is 172 g/mol. The molecule has 0 spiro atoms. The molecule has 0 aliphatic heterocycles. The number of rotatable bonds is 0. The summed E-state index contributed by atoms with van der Waals surface area (Å²) in [7, 11) is 0. The van der Waals surface area contributed by atoms with Crippen LogP contribution in [-0.2, 0) is 0 Å². The Morgan fingerprint density at radius 1 is 1.42 bits per heavy atom. The van der Waals surface area contributed by atoms with Crippen molar-refractivity contribution in [1.82, 2.24) is 9.38 Å². The summed E-state index contributed by atoms with van der Waals surface area (Å²) in [4.78, 5) is 4.35. The summed E-state index contributed by atoms with van der Waals surface area (Å²) in [6.45, 7) is 4.04. The maximum absolute atomic E-state index is 5.83. The van der Waals surface area contributed by atoms with E-state index in [2.05, 4.69) is 4.98 Å². The summed E-state index contributed by atoms with van der Waals surface area (Å²) in [5, 5.41) is 0.729. The van der Waals surface area contributed by atoms with Crippen molar-refractivity contribution in [3.05, 3.63) is 34.7 Å². The molecule has 62 valence electrons. The van der Waals surface area contributed by atoms with E-state index in [4.69, 9.17) is 11.6 Å². The Morgan fingerprint density at radius 2 is 2.17 bits per heavy atom. The normalized spacial score (nSPS) is 10.9. The van der Waals surface area contributed by atoms with Crippen LogP contribution in [0.5, 0.6) is 0 Å². The molecule has 2 aromatic rings. The molecule has 0 unspecified atom stereocenters. The summed E-state index contributed by atoms with van der Waals surface area (Å²) in [5.74, 6) is 0. The third-order valence-corrected chi connectivity index (χ3v) is 2.30. The van der Waals surface area contributed by atoms with E-state index >= 15 is 0 Å². The minimum atomic E-state index is 0.729. The van der Waals surface area contributed by atoms with Crippen LogP contribution in [0.25, 0.3) is 5.65 Å². The zero-order chi connectivity index (χ0) is 8.72. The molecule has 2 rings (SSSR count). The van der Waals surface area contributed by atoms with E-state index in [1.54, 1.807) is 0 Å². The zero-order valence-corrected chi connectivity index (χ0v) is 7.76. The van der Waals surface area contributed by atoms with Gasteiger partial charge in [-0.15, -0.1) is 0 Å². The van der Waals surface area contributed by atoms with E-state index in [0.29, 0.717) is 0 Å². The van der Waals surface area contributed by atoms with Crippen molar-refractivity contribution < 1.29 is 0 Å². The highest BCUT2D eigenvalue weighted by Gasteiger charge is 2.02. The van der Waals surface area contributed by atoms with E-state index < -0.39 is 0 Å². The Hall–Kier alpha value is -1.02. The van der Waals surface area contributed by atoms with E-state index in [9.17, 15) is 0 Å². The monoisotopic (exact) mass is 180 g/mol. The van der Waals surface area contributed by atoms with Crippen LogP contribution in [0.2, 0.25) is 5.02 Å². The highest BCUT2D eigenvalue weighted by molar-refractivity contribution is 6.30. The minimum Gasteiger partial charge on any atom is -0.304 e. The van der Waals surface area contributed by atoms with Gasteiger partial charge in [0.2, 0.25) is 0 Å². The molecule has 2 heterocycles. The average Bonchev–Trinajstić information content (AvgIpc) is 2.28. The fourth-order valence-electron chi connectivity index (χ4n) is 1.26. The largest absolute Gasteiger partial charge is 0.304 e. The second-order valence-corrected chi connectivity index (χ2v) is 3.29. The fourth-order valence-corrected chi connectivity index (χ4v) is 1.41. The van der Waals surface area contributed by atoms with Gasteiger partial charge in [0.15, 0.2) is 0 Å². The third kappa shape index (κ3) is 0.994. The molecule has 12 heavy (non-hydrogen) atoms. The summed E-state index contributed by atoms with van der Waals surface area (Å²) in [6.07, 6.45) is 1.94. The quantitative estimate of drug-likeness (QED) is 0.609. The first-order valence-electron chi connectivity index (χ1n) is 3.79. The molecule has 2 nitrogen and oxygen atoms in total. The Labute approximate surface area is 75.8 Å². The smallest absolute Gasteiger partial charge is 0.138 e. The fraction of sp³-hybridized carbons (Fsp3) is 0.222. The summed E-state index contributed by atoms with van der Waals surface area (Å²) >= 11 is 5.83. The molecule has 0 bridgehead atoms. The lowest BCUT2D eigenvalue weighted by molar-refractivity contribution is 1.09. The molecule has 0 fully saturated rings. The lowest BCUT2D eigenvalue weighted by atomic mass is 10.4. The maximum atomic E-state index is 5.83. The van der Waals surface area contributed by atoms with E-state index in [-0.39, 0.29) is 0 Å². The van der Waals surface area contributed by atoms with Gasteiger partial charge in [0.1, 0.15) is 5.65 Å². The van der Waals surface area contributed by atoms with Gasteiger partial charge >= 0.3 is 0 Å². The molecule has 0 radical (unpaired) electrons. The lowest BCUT2D eigenvalue weighted by Gasteiger charge is -1.95. The van der Waals surface area contributed by atoms with E-state index in [1.807, 2.05) is 36.6 Å². The second-order valence-electron chi connectivity index (χ2n) is 2.86. The molecule has 0 aliphatic rings. The Kier molecular flexibility index (Phi) is 1.58. The van der Waals surface area contributed by atoms with Gasteiger partial charge in [-0.1, -0.05) is 11.6 Å². The molecule has 0 saturated carbocycles. The zero-order valence-electron chi connectivity index (χ0n) is 7.00. The molecule has 0 atom stereocenters. The molecule has 2 aromatic heterocycles. The van der Waals surface area contributed by atoms with Crippen LogP contribution in [0, 0.1) is 13.8 Å². The SMILES string of the molecule is Cc1nc2cc(Cl)ccn2c1C. The van der Waals surface area contributed by atoms with Crippen molar-refractivity contribution in [2.75, 3.05) is 0 Å². The van der Waals surface area contributed by atoms with Crippen molar-refractivity contribution in [1.29, 1.82) is 0 Å². The number of pyridine rings is 1. The van der Waals surface area contributed by atoms with Gasteiger partial charge in [-0.3, -0.25) is 0 Å². The molecule has 0 N–H and O–H groups in total. The first kappa shape index (κ1) is 7.62. The number of aromatic nitrogens is 2. The Balaban J connectivity index is 2.87. The number of nitrogens with zero attached hydrogens (tertiary/aromatic N) is 2. The number of hydrogen-bond donors (Lipinski definition) is 0. The molecule has 0 aromatic carbocycles. The maximum Gasteiger partial charge on any atom is 0.138 e. The second kappa shape index (κ2) is 2.49. The van der Waals surface area contributed by atoms with Crippen LogP contribution in [0.3, 0.4) is 0 Å². The summed E-state index contributed by atoms with van der Waals surface area (Å²) in [6, 6.07) is 3.73. The van der Waals surface area contributed by atoms with Crippen molar-refractivity contribution in [3.8, 4) is 0 Å². The van der Waals surface area contributed by atoms with Crippen molar-refractivity contribution in [3.63, 3.8) is 0 Å². The molecule has 0 amide bonds. The predicted molar refractivity (Wildman–Crippen MR) is 49.7 cm³/mol. The molecule has 0 aliphatic carbocycles. The van der Waals surface area contributed by atoms with E-state index in [0.717, 1.165) is 16.4 Å². The summed E-state index contributed by atoms with van der Waals surface area (Å²) < 4.78 is 2.03. The van der Waals surface area contributed by atoms with Gasteiger partial charge in [-0.2, -0.15) is 0 Å². The summed E-state index contributed by atoms with van der Waals surface area (Å²) in [5.41, 5.74) is 3.14. The minimum absolute atomic E-state index is 0.729. The topological polar surface area (TPSA) is 17.3 Å². The Bertz CT molecular complexity index is 431. The lowest BCUT2D eigenvalue weighted by Crippen LogP contribution is -1.85. The van der Waals surface area contributed by atoms with Crippen LogP contribution in [0.4, 0.5) is 0 Å². The van der Waals surface area contributed by atoms with Crippen LogP contribution in [0.15, 0.2) is 18.3 Å². The van der Waals surface area contributed by atoms with Crippen molar-refractivity contribution in [2.45, 2.75) is 13.8 Å². The van der Waals surface area contributed by atoms with Crippen LogP contribution >= 0.6 is 11.6 Å². The third-order valence-electron chi connectivity index (χ3n) is 2.06. The number of hydrogen-bond acceptors (Lipinski definition) is 1. The average molecular weight is 181 g/mol. The first-order valence-corrected chi connectivity index (χ1v) is 4.17. The van der Waals surface area contributed by atoms with Crippen LogP contribution < -0.4 is 0 Å². The van der Waals surface area contributed by atoms with Crippen LogP contribution in [-0.4, -0.2) is 9.38 Å². The number of aryl methyl sites for hydroxylation is 2. The Morgan fingerprint density at radius 3 is 2.92 bits per heavy atom. The van der Waals surface area contributed by atoms with Crippen molar-refractivity contribution in [2.24, 2.45) is 0 Å². The van der Waals surface area contributed by atoms with Gasteiger partial charge in [-0.05, 0) is 19.9 Å². The van der Waals surface area contributed by atoms with Gasteiger partial charge < -0.3 is 4.40 Å². The highest BCUT2D eigenvalue weighted by atomic mass is 35.5. The van der Waals surface area contributed by atoms with Gasteiger partial charge in [0.25, 0.3) is 0 Å².